The molecule has 0 amide bonds. The molecule has 7 heteroatoms. The van der Waals surface area contributed by atoms with Gasteiger partial charge < -0.3 is 18.9 Å². The molecule has 0 aromatic heterocycles. The highest BCUT2D eigenvalue weighted by Gasteiger charge is 2.26. The first kappa shape index (κ1) is 23.4. The van der Waals surface area contributed by atoms with Gasteiger partial charge >= 0.3 is 5.97 Å². The number of esters is 1. The average Bonchev–Trinajstić information content (AvgIpc) is 3.18. The Labute approximate surface area is 203 Å². The van der Waals surface area contributed by atoms with E-state index in [0.717, 1.165) is 11.1 Å². The van der Waals surface area contributed by atoms with Crippen molar-refractivity contribution in [1.82, 2.24) is 0 Å². The van der Waals surface area contributed by atoms with E-state index in [1.165, 1.54) is 12.7 Å². The molecule has 3 aromatic rings. The summed E-state index contributed by atoms with van der Waals surface area (Å²) in [7, 11) is 1.53. The Kier molecular flexibility index (Phi) is 7.18. The predicted octanol–water partition coefficient (Wildman–Crippen LogP) is 5.98. The van der Waals surface area contributed by atoms with Crippen LogP contribution in [-0.2, 0) is 16.1 Å². The normalized spacial score (nSPS) is 14.1. The van der Waals surface area contributed by atoms with E-state index in [9.17, 15) is 4.79 Å². The van der Waals surface area contributed by atoms with Crippen LogP contribution in [0.5, 0.6) is 17.2 Å². The van der Waals surface area contributed by atoms with Crippen LogP contribution >= 0.6 is 11.6 Å². The number of carbonyl (C=O) groups is 1. The zero-order chi connectivity index (χ0) is 24.1. The molecule has 0 unspecified atom stereocenters. The molecule has 0 fully saturated rings. The second kappa shape index (κ2) is 10.4. The van der Waals surface area contributed by atoms with Gasteiger partial charge in [0.05, 0.1) is 19.3 Å². The summed E-state index contributed by atoms with van der Waals surface area (Å²) in [6.07, 6.45) is 1.64. The van der Waals surface area contributed by atoms with E-state index in [-0.39, 0.29) is 11.6 Å². The molecule has 0 bridgehead atoms. The molecule has 0 spiro atoms. The van der Waals surface area contributed by atoms with E-state index in [0.29, 0.717) is 41.0 Å². The molecular formula is C27H24ClNO5. The van der Waals surface area contributed by atoms with Gasteiger partial charge in [0.1, 0.15) is 12.4 Å². The molecule has 0 saturated heterocycles. The molecular weight excluding hydrogens is 454 g/mol. The Bertz CT molecular complexity index is 1280. The Morgan fingerprint density at radius 2 is 1.82 bits per heavy atom. The van der Waals surface area contributed by atoms with Crippen LogP contribution in [0.4, 0.5) is 0 Å². The van der Waals surface area contributed by atoms with Crippen molar-refractivity contribution in [2.45, 2.75) is 20.5 Å². The van der Waals surface area contributed by atoms with Gasteiger partial charge in [-0.1, -0.05) is 47.5 Å². The minimum Gasteiger partial charge on any atom is -0.496 e. The summed E-state index contributed by atoms with van der Waals surface area (Å²) in [6.45, 7) is 4.84. The minimum absolute atomic E-state index is 0.138. The summed E-state index contributed by atoms with van der Waals surface area (Å²) >= 11 is 6.10. The van der Waals surface area contributed by atoms with Crippen LogP contribution in [0.1, 0.15) is 29.2 Å². The Morgan fingerprint density at radius 1 is 1.00 bits per heavy atom. The Morgan fingerprint density at radius 3 is 2.59 bits per heavy atom. The number of aryl methyl sites for hydroxylation is 1. The number of benzene rings is 3. The quantitative estimate of drug-likeness (QED) is 0.295. The van der Waals surface area contributed by atoms with Crippen LogP contribution in [0.2, 0.25) is 5.02 Å². The van der Waals surface area contributed by atoms with Crippen molar-refractivity contribution in [1.29, 1.82) is 0 Å². The van der Waals surface area contributed by atoms with E-state index in [1.54, 1.807) is 24.3 Å². The molecule has 3 aromatic carbocycles. The lowest BCUT2D eigenvalue weighted by atomic mass is 10.1. The van der Waals surface area contributed by atoms with Crippen molar-refractivity contribution in [3.05, 3.63) is 93.6 Å². The van der Waals surface area contributed by atoms with Crippen LogP contribution in [-0.4, -0.2) is 25.6 Å². The van der Waals surface area contributed by atoms with Gasteiger partial charge in [-0.25, -0.2) is 9.79 Å². The molecule has 0 saturated carbocycles. The van der Waals surface area contributed by atoms with Crippen molar-refractivity contribution >= 4 is 29.5 Å². The zero-order valence-electron chi connectivity index (χ0n) is 19.1. The largest absolute Gasteiger partial charge is 0.496 e. The molecule has 1 aliphatic heterocycles. The summed E-state index contributed by atoms with van der Waals surface area (Å²) < 4.78 is 22.5. The van der Waals surface area contributed by atoms with Crippen LogP contribution < -0.4 is 14.2 Å². The fraction of sp³-hybridized carbons (Fsp3) is 0.185. The maximum Gasteiger partial charge on any atom is 0.363 e. The van der Waals surface area contributed by atoms with E-state index >= 15 is 0 Å². The highest BCUT2D eigenvalue weighted by atomic mass is 35.5. The number of hydrogen-bond acceptors (Lipinski definition) is 6. The summed E-state index contributed by atoms with van der Waals surface area (Å²) in [5.74, 6) is 1.28. The van der Waals surface area contributed by atoms with Crippen molar-refractivity contribution in [3.63, 3.8) is 0 Å². The maximum absolute atomic E-state index is 12.5. The lowest BCUT2D eigenvalue weighted by molar-refractivity contribution is -0.129. The first-order chi connectivity index (χ1) is 16.5. The van der Waals surface area contributed by atoms with Gasteiger partial charge in [-0.05, 0) is 61.4 Å². The van der Waals surface area contributed by atoms with Gasteiger partial charge in [0.2, 0.25) is 5.90 Å². The van der Waals surface area contributed by atoms with Crippen molar-refractivity contribution < 1.29 is 23.7 Å². The summed E-state index contributed by atoms with van der Waals surface area (Å²) in [5, 5.41) is 0.481. The lowest BCUT2D eigenvalue weighted by Crippen LogP contribution is -2.07. The lowest BCUT2D eigenvalue weighted by Gasteiger charge is -2.13. The highest BCUT2D eigenvalue weighted by molar-refractivity contribution is 6.31. The molecule has 1 aliphatic rings. The molecule has 4 rings (SSSR count). The minimum atomic E-state index is -0.560. The molecule has 0 aliphatic carbocycles. The van der Waals surface area contributed by atoms with E-state index in [2.05, 4.69) is 11.1 Å². The summed E-state index contributed by atoms with van der Waals surface area (Å²) in [6, 6.07) is 18.6. The fourth-order valence-corrected chi connectivity index (χ4v) is 3.67. The van der Waals surface area contributed by atoms with Crippen molar-refractivity contribution in [3.8, 4) is 17.2 Å². The molecule has 1 heterocycles. The highest BCUT2D eigenvalue weighted by Crippen LogP contribution is 2.32. The number of ether oxygens (including phenoxy) is 4. The van der Waals surface area contributed by atoms with Gasteiger partial charge in [0, 0.05) is 5.02 Å². The molecule has 0 radical (unpaired) electrons. The second-order valence-corrected chi connectivity index (χ2v) is 8.03. The van der Waals surface area contributed by atoms with E-state index in [4.69, 9.17) is 30.5 Å². The van der Waals surface area contributed by atoms with Crippen LogP contribution in [0, 0.1) is 6.92 Å². The van der Waals surface area contributed by atoms with Gasteiger partial charge in [-0.3, -0.25) is 0 Å². The molecule has 34 heavy (non-hydrogen) atoms. The fourth-order valence-electron chi connectivity index (χ4n) is 3.49. The summed E-state index contributed by atoms with van der Waals surface area (Å²) in [4.78, 5) is 16.8. The third kappa shape index (κ3) is 5.41. The number of halogens is 1. The van der Waals surface area contributed by atoms with E-state index in [1.807, 2.05) is 50.2 Å². The Balaban J connectivity index is 1.59. The number of hydrogen-bond donors (Lipinski definition) is 0. The standard InChI is InChI=1S/C27H24ClNO5/c1-4-32-25-14-18(8-10-24(25)33-16-19-7-5-6-17(2)12-19)13-22-27(30)34-26(29-22)21-15-20(28)9-11-23(21)31-3/h5-15H,4,16H2,1-3H3/b22-13-. The first-order valence-electron chi connectivity index (χ1n) is 10.8. The number of methoxy groups -OCH3 is 1. The van der Waals surface area contributed by atoms with E-state index < -0.39 is 5.97 Å². The van der Waals surface area contributed by atoms with Gasteiger partial charge in [-0.2, -0.15) is 0 Å². The van der Waals surface area contributed by atoms with Crippen molar-refractivity contribution in [2.75, 3.05) is 13.7 Å². The molecule has 0 atom stereocenters. The third-order valence-electron chi connectivity index (χ3n) is 5.06. The van der Waals surface area contributed by atoms with Crippen LogP contribution in [0.15, 0.2) is 71.4 Å². The zero-order valence-corrected chi connectivity index (χ0v) is 19.9. The smallest absolute Gasteiger partial charge is 0.363 e. The SMILES string of the molecule is CCOc1cc(/C=C2\N=C(c3cc(Cl)ccc3OC)OC2=O)ccc1OCc1cccc(C)c1. The summed E-state index contributed by atoms with van der Waals surface area (Å²) in [5.41, 5.74) is 3.63. The van der Waals surface area contributed by atoms with Gasteiger partial charge in [-0.15, -0.1) is 0 Å². The third-order valence-corrected chi connectivity index (χ3v) is 5.30. The maximum atomic E-state index is 12.5. The second-order valence-electron chi connectivity index (χ2n) is 7.60. The van der Waals surface area contributed by atoms with Gasteiger partial charge in [0.15, 0.2) is 17.2 Å². The number of cyclic esters (lactones) is 1. The van der Waals surface area contributed by atoms with Gasteiger partial charge in [0.25, 0.3) is 0 Å². The molecule has 6 nitrogen and oxygen atoms in total. The monoisotopic (exact) mass is 477 g/mol. The Hall–Kier alpha value is -3.77. The molecule has 0 N–H and O–H groups in total. The average molecular weight is 478 g/mol. The number of nitrogens with zero attached hydrogens (tertiary/aromatic N) is 1. The topological polar surface area (TPSA) is 66.3 Å². The van der Waals surface area contributed by atoms with Crippen molar-refractivity contribution in [2.24, 2.45) is 4.99 Å². The predicted molar refractivity (Wildman–Crippen MR) is 132 cm³/mol. The number of rotatable bonds is 8. The number of aliphatic imine (C=N–C) groups is 1. The first-order valence-corrected chi connectivity index (χ1v) is 11.2. The number of carbonyl (C=O) groups excluding carboxylic acids is 1. The van der Waals surface area contributed by atoms with Crippen LogP contribution in [0.25, 0.3) is 6.08 Å². The van der Waals surface area contributed by atoms with Crippen LogP contribution in [0.3, 0.4) is 0 Å². The molecule has 174 valence electrons.